The normalized spacial score (nSPS) is 17.8. The van der Waals surface area contributed by atoms with Gasteiger partial charge in [0.15, 0.2) is 6.61 Å². The molecule has 3 heterocycles. The van der Waals surface area contributed by atoms with Gasteiger partial charge in [-0.15, -0.1) is 11.3 Å². The summed E-state index contributed by atoms with van der Waals surface area (Å²) in [4.78, 5) is 10.8. The Kier molecular flexibility index (Phi) is 6.06. The van der Waals surface area contributed by atoms with Gasteiger partial charge in [-0.1, -0.05) is 12.1 Å². The number of alkyl halides is 3. The first-order valence-corrected chi connectivity index (χ1v) is 11.5. The van der Waals surface area contributed by atoms with Crippen LogP contribution in [0.5, 0.6) is 5.75 Å². The summed E-state index contributed by atoms with van der Waals surface area (Å²) < 4.78 is 63.3. The number of halogens is 4. The average molecular weight is 502 g/mol. The number of thiophene rings is 1. The smallest absolute Gasteiger partial charge is 0.422 e. The number of aromatic nitrogens is 2. The highest BCUT2D eigenvalue weighted by Crippen LogP contribution is 2.37. The van der Waals surface area contributed by atoms with Crippen molar-refractivity contribution < 1.29 is 27.0 Å². The Morgan fingerprint density at radius 2 is 1.74 bits per heavy atom. The van der Waals surface area contributed by atoms with Crippen LogP contribution in [0.25, 0.3) is 10.4 Å². The van der Waals surface area contributed by atoms with Gasteiger partial charge in [0.2, 0.25) is 5.90 Å². The molecule has 0 spiro atoms. The molecule has 4 aromatic rings. The van der Waals surface area contributed by atoms with E-state index in [0.717, 1.165) is 20.9 Å². The molecule has 0 saturated carbocycles. The lowest BCUT2D eigenvalue weighted by atomic mass is 9.91. The first-order valence-electron chi connectivity index (χ1n) is 10.6. The van der Waals surface area contributed by atoms with Gasteiger partial charge >= 0.3 is 6.18 Å². The van der Waals surface area contributed by atoms with E-state index < -0.39 is 18.3 Å². The van der Waals surface area contributed by atoms with Gasteiger partial charge in [0.1, 0.15) is 23.7 Å². The van der Waals surface area contributed by atoms with Crippen LogP contribution >= 0.6 is 11.3 Å². The van der Waals surface area contributed by atoms with Gasteiger partial charge < -0.3 is 14.0 Å². The molecule has 2 aromatic heterocycles. The fraction of sp³-hybridized carbons (Fsp3) is 0.200. The van der Waals surface area contributed by atoms with Gasteiger partial charge in [-0.3, -0.25) is 0 Å². The van der Waals surface area contributed by atoms with E-state index in [2.05, 4.69) is 4.98 Å². The Hall–Kier alpha value is -3.66. The standard InChI is InChI=1S/C25H19F4N3O2S/c26-19-5-3-18(4-6-19)24(13-32-12-11-30-16-32)14-34-23(31-24)22-10-9-21(35-22)17-1-7-20(8-2-17)33-15-25(27,28)29/h1-12,16H,13-15H2. The summed E-state index contributed by atoms with van der Waals surface area (Å²) in [5, 5.41) is 0. The SMILES string of the molecule is Fc1ccc(C2(Cn3ccnc3)COC(c3ccc(-c4ccc(OCC(F)(F)F)cc4)s3)=N2)cc1. The molecule has 2 aromatic carbocycles. The molecule has 1 atom stereocenters. The maximum absolute atomic E-state index is 13.6. The number of hydrogen-bond donors (Lipinski definition) is 0. The maximum atomic E-state index is 13.6. The van der Waals surface area contributed by atoms with Gasteiger partial charge in [0.25, 0.3) is 0 Å². The predicted octanol–water partition coefficient (Wildman–Crippen LogP) is 6.06. The molecule has 1 unspecified atom stereocenters. The number of hydrogen-bond acceptors (Lipinski definition) is 5. The first kappa shape index (κ1) is 23.1. The van der Waals surface area contributed by atoms with E-state index >= 15 is 0 Å². The lowest BCUT2D eigenvalue weighted by Crippen LogP contribution is -2.31. The third-order valence-electron chi connectivity index (χ3n) is 5.51. The van der Waals surface area contributed by atoms with Crippen molar-refractivity contribution in [1.82, 2.24) is 9.55 Å². The highest BCUT2D eigenvalue weighted by atomic mass is 32.1. The Morgan fingerprint density at radius 1 is 1.00 bits per heavy atom. The quantitative estimate of drug-likeness (QED) is 0.289. The van der Waals surface area contributed by atoms with E-state index in [9.17, 15) is 17.6 Å². The third kappa shape index (κ3) is 5.22. The van der Waals surface area contributed by atoms with Crippen LogP contribution in [0.3, 0.4) is 0 Å². The van der Waals surface area contributed by atoms with Crippen LogP contribution < -0.4 is 4.74 Å². The molecule has 0 N–H and O–H groups in total. The van der Waals surface area contributed by atoms with E-state index in [1.165, 1.54) is 35.6 Å². The molecule has 180 valence electrons. The minimum atomic E-state index is -4.38. The van der Waals surface area contributed by atoms with Crippen molar-refractivity contribution in [3.05, 3.63) is 95.6 Å². The van der Waals surface area contributed by atoms with Crippen LogP contribution in [0.4, 0.5) is 17.6 Å². The first-order chi connectivity index (χ1) is 16.8. The van der Waals surface area contributed by atoms with E-state index in [0.29, 0.717) is 12.4 Å². The zero-order valence-electron chi connectivity index (χ0n) is 18.2. The van der Waals surface area contributed by atoms with Crippen LogP contribution in [-0.4, -0.2) is 34.8 Å². The minimum absolute atomic E-state index is 0.148. The largest absolute Gasteiger partial charge is 0.484 e. The minimum Gasteiger partial charge on any atom is -0.484 e. The lowest BCUT2D eigenvalue weighted by Gasteiger charge is -2.25. The number of imidazole rings is 1. The van der Waals surface area contributed by atoms with Gasteiger partial charge in [-0.05, 0) is 59.7 Å². The van der Waals surface area contributed by atoms with Gasteiger partial charge in [-0.25, -0.2) is 14.4 Å². The molecule has 35 heavy (non-hydrogen) atoms. The van der Waals surface area contributed by atoms with Crippen LogP contribution in [0, 0.1) is 5.82 Å². The summed E-state index contributed by atoms with van der Waals surface area (Å²) in [6.07, 6.45) is 0.836. The van der Waals surface area contributed by atoms with Crippen LogP contribution in [0.1, 0.15) is 10.4 Å². The number of rotatable bonds is 7. The van der Waals surface area contributed by atoms with Crippen LogP contribution in [-0.2, 0) is 16.8 Å². The zero-order chi connectivity index (χ0) is 24.5. The highest BCUT2D eigenvalue weighted by molar-refractivity contribution is 7.17. The summed E-state index contributed by atoms with van der Waals surface area (Å²) in [7, 11) is 0. The van der Waals surface area contributed by atoms with Crippen molar-refractivity contribution in [2.24, 2.45) is 4.99 Å². The molecule has 5 rings (SSSR count). The Labute approximate surface area is 202 Å². The molecule has 0 amide bonds. The van der Waals surface area contributed by atoms with Crippen molar-refractivity contribution in [3.63, 3.8) is 0 Å². The van der Waals surface area contributed by atoms with Gasteiger partial charge in [-0.2, -0.15) is 13.2 Å². The summed E-state index contributed by atoms with van der Waals surface area (Å²) in [6.45, 7) is -0.577. The molecule has 0 saturated heterocycles. The highest BCUT2D eigenvalue weighted by Gasteiger charge is 2.40. The number of aliphatic imine (C=N–C) groups is 1. The van der Waals surface area contributed by atoms with Crippen molar-refractivity contribution >= 4 is 17.2 Å². The molecule has 0 radical (unpaired) electrons. The van der Waals surface area contributed by atoms with Crippen molar-refractivity contribution in [1.29, 1.82) is 0 Å². The molecule has 5 nitrogen and oxygen atoms in total. The molecule has 10 heteroatoms. The summed E-state index contributed by atoms with van der Waals surface area (Å²) in [5.41, 5.74) is 0.919. The van der Waals surface area contributed by atoms with Crippen molar-refractivity contribution in [2.45, 2.75) is 18.3 Å². The van der Waals surface area contributed by atoms with Crippen LogP contribution in [0.15, 0.2) is 84.4 Å². The Morgan fingerprint density at radius 3 is 2.43 bits per heavy atom. The van der Waals surface area contributed by atoms with Crippen molar-refractivity contribution in [3.8, 4) is 16.2 Å². The molecule has 1 aliphatic heterocycles. The lowest BCUT2D eigenvalue weighted by molar-refractivity contribution is -0.153. The number of nitrogens with zero attached hydrogens (tertiary/aromatic N) is 3. The van der Waals surface area contributed by atoms with E-state index in [1.807, 2.05) is 22.9 Å². The molecule has 0 bridgehead atoms. The summed E-state index contributed by atoms with van der Waals surface area (Å²) in [6, 6.07) is 16.5. The van der Waals surface area contributed by atoms with Gasteiger partial charge in [0, 0.05) is 17.3 Å². The average Bonchev–Trinajstić information content (AvgIpc) is 3.60. The fourth-order valence-corrected chi connectivity index (χ4v) is 4.78. The number of ether oxygens (including phenoxy) is 2. The van der Waals surface area contributed by atoms with E-state index in [4.69, 9.17) is 14.5 Å². The van der Waals surface area contributed by atoms with Crippen molar-refractivity contribution in [2.75, 3.05) is 13.2 Å². The second kappa shape index (κ2) is 9.18. The van der Waals surface area contributed by atoms with E-state index in [1.54, 1.807) is 36.8 Å². The summed E-state index contributed by atoms with van der Waals surface area (Å²) >= 11 is 1.46. The second-order valence-corrected chi connectivity index (χ2v) is 9.16. The molecule has 0 fully saturated rings. The molecular weight excluding hydrogens is 482 g/mol. The van der Waals surface area contributed by atoms with Gasteiger partial charge in [0.05, 0.1) is 17.7 Å². The predicted molar refractivity (Wildman–Crippen MR) is 124 cm³/mol. The summed E-state index contributed by atoms with van der Waals surface area (Å²) in [5.74, 6) is 0.304. The topological polar surface area (TPSA) is 48.6 Å². The maximum Gasteiger partial charge on any atom is 0.422 e. The second-order valence-electron chi connectivity index (χ2n) is 8.07. The van der Waals surface area contributed by atoms with Crippen LogP contribution in [0.2, 0.25) is 0 Å². The Bertz CT molecular complexity index is 1320. The molecular formula is C25H19F4N3O2S. The Balaban J connectivity index is 1.39. The number of benzene rings is 2. The third-order valence-corrected chi connectivity index (χ3v) is 6.63. The molecule has 1 aliphatic rings. The monoisotopic (exact) mass is 501 g/mol. The fourth-order valence-electron chi connectivity index (χ4n) is 3.82. The molecule has 0 aliphatic carbocycles. The van der Waals surface area contributed by atoms with E-state index in [-0.39, 0.29) is 18.2 Å². The zero-order valence-corrected chi connectivity index (χ0v) is 19.0.